The summed E-state index contributed by atoms with van der Waals surface area (Å²) >= 11 is -2.51. The van der Waals surface area contributed by atoms with E-state index in [0.717, 1.165) is 0 Å². The summed E-state index contributed by atoms with van der Waals surface area (Å²) in [6, 6.07) is 0. The molecule has 0 aromatic heterocycles. The SMILES string of the molecule is O.[O]=[Th]=[O]. The fourth-order valence-corrected chi connectivity index (χ4v) is 0. The molecule has 0 bridgehead atoms. The predicted octanol–water partition coefficient (Wildman–Crippen LogP) is -1.06. The van der Waals surface area contributed by atoms with E-state index in [9.17, 15) is 0 Å². The molecule has 0 aliphatic rings. The molecule has 0 aromatic carbocycles. The molecule has 4 heteroatoms. The molecule has 0 fully saturated rings. The van der Waals surface area contributed by atoms with Gasteiger partial charge in [-0.25, -0.2) is 0 Å². The Morgan fingerprint density at radius 2 is 1.25 bits per heavy atom. The molecule has 0 aromatic rings. The van der Waals surface area contributed by atoms with Gasteiger partial charge in [-0.3, -0.25) is 0 Å². The first-order chi connectivity index (χ1) is 1.41. The Labute approximate surface area is 43.5 Å². The third kappa shape index (κ3) is 13.1. The molecule has 24 valence electrons. The third-order valence-corrected chi connectivity index (χ3v) is 0. The van der Waals surface area contributed by atoms with E-state index in [2.05, 4.69) is 0 Å². The van der Waals surface area contributed by atoms with Crippen LogP contribution in [0.4, 0.5) is 0 Å². The van der Waals surface area contributed by atoms with Crippen molar-refractivity contribution in [2.45, 2.75) is 0 Å². The molecule has 0 rings (SSSR count). The van der Waals surface area contributed by atoms with Gasteiger partial charge >= 0.3 is 38.4 Å². The Morgan fingerprint density at radius 1 is 1.25 bits per heavy atom. The standard InChI is InChI=1S/H2O.2O.Th/h1H2;;;. The van der Waals surface area contributed by atoms with Crippen LogP contribution in [-0.2, 0) is 2.32 Å². The summed E-state index contributed by atoms with van der Waals surface area (Å²) in [5.41, 5.74) is 0. The quantitative estimate of drug-likeness (QED) is 0.568. The molecule has 0 amide bonds. The molecular weight excluding hydrogens is 280 g/mol. The minimum absolute atomic E-state index is 0. The van der Waals surface area contributed by atoms with E-state index in [1.807, 2.05) is 0 Å². The molecule has 0 saturated carbocycles. The van der Waals surface area contributed by atoms with Crippen molar-refractivity contribution in [1.29, 1.82) is 0 Å². The van der Waals surface area contributed by atoms with Crippen molar-refractivity contribution in [2.24, 2.45) is 0 Å². The summed E-state index contributed by atoms with van der Waals surface area (Å²) in [6.07, 6.45) is 0. The van der Waals surface area contributed by atoms with E-state index in [-0.39, 0.29) is 5.48 Å². The summed E-state index contributed by atoms with van der Waals surface area (Å²) in [5.74, 6) is 0. The van der Waals surface area contributed by atoms with Crippen molar-refractivity contribution in [3.8, 4) is 0 Å². The summed E-state index contributed by atoms with van der Waals surface area (Å²) in [5, 5.41) is 0. The summed E-state index contributed by atoms with van der Waals surface area (Å²) in [6.45, 7) is 0. The van der Waals surface area contributed by atoms with Gasteiger partial charge in [-0.15, -0.1) is 0 Å². The monoisotopic (exact) mass is 282 g/mol. The van der Waals surface area contributed by atoms with Crippen molar-refractivity contribution in [3.63, 3.8) is 0 Å². The molecule has 0 heterocycles. The van der Waals surface area contributed by atoms with Crippen molar-refractivity contribution in [1.82, 2.24) is 0 Å². The normalized spacial score (nSPS) is 2.00. The molecule has 4 heavy (non-hydrogen) atoms. The first-order valence-corrected chi connectivity index (χ1v) is 3.76. The van der Waals surface area contributed by atoms with Crippen LogP contribution in [-0.4, -0.2) is 5.48 Å². The van der Waals surface area contributed by atoms with Crippen molar-refractivity contribution in [2.75, 3.05) is 0 Å². The predicted molar refractivity (Wildman–Crippen MR) is 4.99 cm³/mol. The zero-order chi connectivity index (χ0) is 2.71. The van der Waals surface area contributed by atoms with Crippen LogP contribution >= 0.6 is 0 Å². The molecule has 0 saturated heterocycles. The van der Waals surface area contributed by atoms with Crippen LogP contribution in [0.5, 0.6) is 0 Å². The molecule has 3 nitrogen and oxygen atoms in total. The van der Waals surface area contributed by atoms with Gasteiger partial charge in [0.2, 0.25) is 0 Å². The van der Waals surface area contributed by atoms with Crippen molar-refractivity contribution < 1.29 is 43.9 Å². The van der Waals surface area contributed by atoms with Crippen LogP contribution in [0.25, 0.3) is 0 Å². The maximum absolute atomic E-state index is 8.58. The Morgan fingerprint density at radius 3 is 1.25 bits per heavy atom. The van der Waals surface area contributed by atoms with E-state index >= 15 is 0 Å². The summed E-state index contributed by atoms with van der Waals surface area (Å²) in [7, 11) is 0. The van der Waals surface area contributed by atoms with E-state index in [4.69, 9.17) is 2.32 Å². The zero-order valence-corrected chi connectivity index (χ0v) is 5.93. The third-order valence-electron chi connectivity index (χ3n) is 0. The van der Waals surface area contributed by atoms with E-state index in [0.29, 0.717) is 0 Å². The number of hydrogen-bond donors (Lipinski definition) is 0. The molecular formula is H2O3Th. The molecule has 0 aliphatic carbocycles. The van der Waals surface area contributed by atoms with Crippen LogP contribution in [0.2, 0.25) is 0 Å². The first-order valence-electron chi connectivity index (χ1n) is 0.408. The topological polar surface area (TPSA) is 65.6 Å². The zero-order valence-electron chi connectivity index (χ0n) is 1.82. The molecule has 2 N–H and O–H groups in total. The van der Waals surface area contributed by atoms with Gasteiger partial charge in [0.25, 0.3) is 0 Å². The first kappa shape index (κ1) is 8.86. The van der Waals surface area contributed by atoms with E-state index < -0.39 is 36.1 Å². The van der Waals surface area contributed by atoms with Gasteiger partial charge in [-0.05, 0) is 0 Å². The maximum atomic E-state index is 8.58. The second-order valence-corrected chi connectivity index (χ2v) is 0.768. The summed E-state index contributed by atoms with van der Waals surface area (Å²) in [4.78, 5) is 0. The van der Waals surface area contributed by atoms with Crippen molar-refractivity contribution in [3.05, 3.63) is 0 Å². The Hall–Kier alpha value is 0.885. The Balaban J connectivity index is 0. The minimum atomic E-state index is -2.51. The fourth-order valence-electron chi connectivity index (χ4n) is 0. The van der Waals surface area contributed by atoms with Gasteiger partial charge in [0.05, 0.1) is 0 Å². The van der Waals surface area contributed by atoms with E-state index in [1.165, 1.54) is 0 Å². The second kappa shape index (κ2) is 9.10. The fraction of sp³-hybridized carbons (Fsp3) is 0. The van der Waals surface area contributed by atoms with Crippen LogP contribution in [0.1, 0.15) is 0 Å². The van der Waals surface area contributed by atoms with Gasteiger partial charge in [0.1, 0.15) is 0 Å². The van der Waals surface area contributed by atoms with Gasteiger partial charge in [0.15, 0.2) is 0 Å². The Kier molecular flexibility index (Phi) is 20.2. The van der Waals surface area contributed by atoms with Crippen molar-refractivity contribution >= 4 is 0 Å². The average Bonchev–Trinajstić information content (AvgIpc) is 0.918. The number of hydrogen-bond acceptors (Lipinski definition) is 2. The molecule has 0 unspecified atom stereocenters. The van der Waals surface area contributed by atoms with Crippen LogP contribution < -0.4 is 0 Å². The Bertz CT molecular complexity index is 24.3. The summed E-state index contributed by atoms with van der Waals surface area (Å²) < 4.78 is 17.2. The number of rotatable bonds is 0. The van der Waals surface area contributed by atoms with E-state index in [1.54, 1.807) is 0 Å². The van der Waals surface area contributed by atoms with Crippen LogP contribution in [0.3, 0.4) is 0 Å². The molecule has 0 atom stereocenters. The average molecular weight is 282 g/mol. The molecule has 0 aliphatic heterocycles. The van der Waals surface area contributed by atoms with Gasteiger partial charge in [0, 0.05) is 0 Å². The van der Waals surface area contributed by atoms with Gasteiger partial charge < -0.3 is 5.48 Å². The van der Waals surface area contributed by atoms with Crippen LogP contribution in [0, 0.1) is 36.1 Å². The van der Waals surface area contributed by atoms with Crippen LogP contribution in [0.15, 0.2) is 0 Å². The van der Waals surface area contributed by atoms with Gasteiger partial charge in [-0.1, -0.05) is 0 Å². The molecule has 0 radical (unpaired) electrons. The second-order valence-electron chi connectivity index (χ2n) is 0.0833. The van der Waals surface area contributed by atoms with Gasteiger partial charge in [-0.2, -0.15) is 0 Å². The molecule has 0 spiro atoms.